The number of rotatable bonds is 3. The van der Waals surface area contributed by atoms with E-state index < -0.39 is 5.97 Å². The molecule has 0 amide bonds. The first-order chi connectivity index (χ1) is 10.6. The molecule has 0 saturated carbocycles. The molecule has 2 aromatic carbocycles. The summed E-state index contributed by atoms with van der Waals surface area (Å²) < 4.78 is 5.08. The van der Waals surface area contributed by atoms with Crippen LogP contribution in [0.15, 0.2) is 30.3 Å². The number of phenols is 1. The standard InChI is InChI=1S/C17H17NO4/c1-22-15-9-12(17(20)21)8-13(16(15)19)10-4-5-14-11(7-10)3-2-6-18-14/h4-5,7-9,18-19H,2-3,6H2,1H3,(H,20,21). The molecule has 0 fully saturated rings. The molecular weight excluding hydrogens is 282 g/mol. The highest BCUT2D eigenvalue weighted by Crippen LogP contribution is 2.39. The topological polar surface area (TPSA) is 78.8 Å². The molecule has 114 valence electrons. The Labute approximate surface area is 128 Å². The number of carboxylic acids is 1. The molecule has 1 aliphatic rings. The predicted molar refractivity (Wildman–Crippen MR) is 83.9 cm³/mol. The van der Waals surface area contributed by atoms with Crippen molar-refractivity contribution in [3.63, 3.8) is 0 Å². The number of methoxy groups -OCH3 is 1. The molecule has 5 nitrogen and oxygen atoms in total. The van der Waals surface area contributed by atoms with Crippen molar-refractivity contribution in [1.82, 2.24) is 0 Å². The number of ether oxygens (including phenoxy) is 1. The van der Waals surface area contributed by atoms with Gasteiger partial charge in [-0.25, -0.2) is 4.79 Å². The number of hydrogen-bond acceptors (Lipinski definition) is 4. The summed E-state index contributed by atoms with van der Waals surface area (Å²) in [5.41, 5.74) is 3.59. The fourth-order valence-corrected chi connectivity index (χ4v) is 2.75. The van der Waals surface area contributed by atoms with Crippen LogP contribution in [0, 0.1) is 0 Å². The van der Waals surface area contributed by atoms with Gasteiger partial charge in [-0.3, -0.25) is 0 Å². The summed E-state index contributed by atoms with van der Waals surface area (Å²) in [6.07, 6.45) is 2.02. The van der Waals surface area contributed by atoms with Crippen LogP contribution in [0.3, 0.4) is 0 Å². The summed E-state index contributed by atoms with van der Waals surface area (Å²) in [6.45, 7) is 0.958. The second-order valence-corrected chi connectivity index (χ2v) is 5.28. The Bertz CT molecular complexity index is 740. The second-order valence-electron chi connectivity index (χ2n) is 5.28. The van der Waals surface area contributed by atoms with E-state index in [0.717, 1.165) is 30.6 Å². The lowest BCUT2D eigenvalue weighted by Crippen LogP contribution is -2.11. The molecule has 0 aliphatic carbocycles. The number of nitrogens with one attached hydrogen (secondary N) is 1. The van der Waals surface area contributed by atoms with Gasteiger partial charge < -0.3 is 20.3 Å². The molecule has 1 heterocycles. The van der Waals surface area contributed by atoms with Crippen LogP contribution in [-0.2, 0) is 6.42 Å². The van der Waals surface area contributed by atoms with Crippen molar-refractivity contribution < 1.29 is 19.7 Å². The maximum atomic E-state index is 11.2. The highest BCUT2D eigenvalue weighted by molar-refractivity contribution is 5.92. The number of aromatic hydroxyl groups is 1. The summed E-state index contributed by atoms with van der Waals surface area (Å²) in [5, 5.41) is 22.9. The van der Waals surface area contributed by atoms with Gasteiger partial charge in [-0.2, -0.15) is 0 Å². The van der Waals surface area contributed by atoms with Gasteiger partial charge in [0, 0.05) is 17.8 Å². The second kappa shape index (κ2) is 5.60. The fraction of sp³-hybridized carbons (Fsp3) is 0.235. The molecule has 5 heteroatoms. The summed E-state index contributed by atoms with van der Waals surface area (Å²) in [4.78, 5) is 11.2. The van der Waals surface area contributed by atoms with E-state index in [1.54, 1.807) is 0 Å². The Hall–Kier alpha value is -2.69. The lowest BCUT2D eigenvalue weighted by molar-refractivity contribution is 0.0696. The van der Waals surface area contributed by atoms with Gasteiger partial charge in [-0.05, 0) is 48.2 Å². The first-order valence-electron chi connectivity index (χ1n) is 7.11. The molecule has 3 rings (SSSR count). The Morgan fingerprint density at radius 2 is 2.09 bits per heavy atom. The van der Waals surface area contributed by atoms with E-state index in [0.29, 0.717) is 5.56 Å². The van der Waals surface area contributed by atoms with E-state index in [1.807, 2.05) is 18.2 Å². The number of fused-ring (bicyclic) bond motifs is 1. The average molecular weight is 299 g/mol. The molecule has 0 spiro atoms. The zero-order valence-corrected chi connectivity index (χ0v) is 12.2. The zero-order valence-electron chi connectivity index (χ0n) is 12.2. The van der Waals surface area contributed by atoms with Crippen molar-refractivity contribution >= 4 is 11.7 Å². The van der Waals surface area contributed by atoms with Gasteiger partial charge in [0.05, 0.1) is 12.7 Å². The summed E-state index contributed by atoms with van der Waals surface area (Å²) >= 11 is 0. The molecule has 0 radical (unpaired) electrons. The molecule has 0 atom stereocenters. The van der Waals surface area contributed by atoms with Crippen LogP contribution in [0.4, 0.5) is 5.69 Å². The minimum atomic E-state index is -1.06. The lowest BCUT2D eigenvalue weighted by atomic mass is 9.95. The number of aromatic carboxylic acids is 1. The van der Waals surface area contributed by atoms with Crippen molar-refractivity contribution in [2.45, 2.75) is 12.8 Å². The third kappa shape index (κ3) is 2.45. The van der Waals surface area contributed by atoms with Gasteiger partial charge in [0.2, 0.25) is 0 Å². The van der Waals surface area contributed by atoms with Gasteiger partial charge in [-0.15, -0.1) is 0 Å². The first kappa shape index (κ1) is 14.3. The van der Waals surface area contributed by atoms with Gasteiger partial charge in [0.1, 0.15) is 0 Å². The maximum absolute atomic E-state index is 11.2. The molecular formula is C17H17NO4. The smallest absolute Gasteiger partial charge is 0.335 e. The maximum Gasteiger partial charge on any atom is 0.335 e. The molecule has 22 heavy (non-hydrogen) atoms. The number of carboxylic acid groups (broad SMARTS) is 1. The largest absolute Gasteiger partial charge is 0.504 e. The molecule has 0 unspecified atom stereocenters. The number of phenolic OH excluding ortho intramolecular Hbond substituents is 1. The van der Waals surface area contributed by atoms with E-state index in [1.165, 1.54) is 24.8 Å². The SMILES string of the molecule is COc1cc(C(=O)O)cc(-c2ccc3c(c2)CCCN3)c1O. The van der Waals surface area contributed by atoms with E-state index in [-0.39, 0.29) is 17.1 Å². The Balaban J connectivity index is 2.14. The summed E-state index contributed by atoms with van der Waals surface area (Å²) in [6, 6.07) is 8.61. The third-order valence-corrected chi connectivity index (χ3v) is 3.90. The quantitative estimate of drug-likeness (QED) is 0.811. The summed E-state index contributed by atoms with van der Waals surface area (Å²) in [5.74, 6) is -0.943. The number of anilines is 1. The average Bonchev–Trinajstić information content (AvgIpc) is 2.54. The fourth-order valence-electron chi connectivity index (χ4n) is 2.75. The zero-order chi connectivity index (χ0) is 15.7. The minimum Gasteiger partial charge on any atom is -0.504 e. The van der Waals surface area contributed by atoms with Crippen molar-refractivity contribution in [2.75, 3.05) is 19.0 Å². The van der Waals surface area contributed by atoms with E-state index in [2.05, 4.69) is 5.32 Å². The van der Waals surface area contributed by atoms with Gasteiger partial charge in [-0.1, -0.05) is 6.07 Å². The number of aryl methyl sites for hydroxylation is 1. The van der Waals surface area contributed by atoms with Gasteiger partial charge >= 0.3 is 5.97 Å². The molecule has 2 aromatic rings. The predicted octanol–water partition coefficient (Wildman–Crippen LogP) is 3.12. The van der Waals surface area contributed by atoms with Crippen molar-refractivity contribution in [3.8, 4) is 22.6 Å². The third-order valence-electron chi connectivity index (χ3n) is 3.90. The van der Waals surface area contributed by atoms with Crippen LogP contribution in [-0.4, -0.2) is 29.8 Å². The Kier molecular flexibility index (Phi) is 3.63. The van der Waals surface area contributed by atoms with Crippen molar-refractivity contribution in [3.05, 3.63) is 41.5 Å². The Morgan fingerprint density at radius 1 is 1.27 bits per heavy atom. The highest BCUT2D eigenvalue weighted by Gasteiger charge is 2.17. The number of hydrogen-bond donors (Lipinski definition) is 3. The van der Waals surface area contributed by atoms with Crippen LogP contribution in [0.25, 0.3) is 11.1 Å². The molecule has 3 N–H and O–H groups in total. The van der Waals surface area contributed by atoms with Crippen LogP contribution < -0.4 is 10.1 Å². The van der Waals surface area contributed by atoms with Crippen molar-refractivity contribution in [1.29, 1.82) is 0 Å². The number of carbonyl (C=O) groups is 1. The van der Waals surface area contributed by atoms with E-state index in [4.69, 9.17) is 4.74 Å². The number of benzene rings is 2. The molecule has 1 aliphatic heterocycles. The molecule has 0 bridgehead atoms. The lowest BCUT2D eigenvalue weighted by Gasteiger charge is -2.19. The van der Waals surface area contributed by atoms with E-state index >= 15 is 0 Å². The van der Waals surface area contributed by atoms with Crippen LogP contribution in [0.5, 0.6) is 11.5 Å². The first-order valence-corrected chi connectivity index (χ1v) is 7.11. The van der Waals surface area contributed by atoms with Crippen LogP contribution >= 0.6 is 0 Å². The normalized spacial score (nSPS) is 13.1. The minimum absolute atomic E-state index is 0.0452. The molecule has 0 saturated heterocycles. The van der Waals surface area contributed by atoms with Gasteiger partial charge in [0.15, 0.2) is 11.5 Å². The van der Waals surface area contributed by atoms with E-state index in [9.17, 15) is 15.0 Å². The monoisotopic (exact) mass is 299 g/mol. The Morgan fingerprint density at radius 3 is 2.82 bits per heavy atom. The highest BCUT2D eigenvalue weighted by atomic mass is 16.5. The van der Waals surface area contributed by atoms with Crippen LogP contribution in [0.1, 0.15) is 22.3 Å². The van der Waals surface area contributed by atoms with Crippen LogP contribution in [0.2, 0.25) is 0 Å². The molecule has 0 aromatic heterocycles. The van der Waals surface area contributed by atoms with Crippen molar-refractivity contribution in [2.24, 2.45) is 0 Å². The van der Waals surface area contributed by atoms with Gasteiger partial charge in [0.25, 0.3) is 0 Å². The summed E-state index contributed by atoms with van der Waals surface area (Å²) in [7, 11) is 1.40.